The first-order valence-electron chi connectivity index (χ1n) is 8.16. The van der Waals surface area contributed by atoms with Crippen molar-refractivity contribution in [2.45, 2.75) is 6.61 Å². The third-order valence-electron chi connectivity index (χ3n) is 3.62. The van der Waals surface area contributed by atoms with Crippen LogP contribution in [-0.2, 0) is 11.3 Å². The molecule has 0 aliphatic carbocycles. The Bertz CT molecular complexity index is 929. The van der Waals surface area contributed by atoms with Crippen molar-refractivity contribution in [2.24, 2.45) is 0 Å². The molecular formula is C21H16ClNO4. The monoisotopic (exact) mass is 381 g/mol. The molecule has 0 aliphatic heterocycles. The molecule has 0 heterocycles. The van der Waals surface area contributed by atoms with Crippen LogP contribution in [0, 0.1) is 0 Å². The molecule has 0 bridgehead atoms. The SMILES string of the molecule is O=C(OCc1ccccc1)Oc1cc(Cl)ccc1NC(=O)c1ccccc1. The van der Waals surface area contributed by atoms with E-state index in [4.69, 9.17) is 21.1 Å². The van der Waals surface area contributed by atoms with Crippen molar-refractivity contribution in [3.63, 3.8) is 0 Å². The molecule has 27 heavy (non-hydrogen) atoms. The van der Waals surface area contributed by atoms with Crippen molar-refractivity contribution in [1.82, 2.24) is 0 Å². The number of ether oxygens (including phenoxy) is 2. The van der Waals surface area contributed by atoms with Gasteiger partial charge >= 0.3 is 6.16 Å². The Morgan fingerprint density at radius 3 is 2.26 bits per heavy atom. The molecule has 0 saturated heterocycles. The number of anilines is 1. The van der Waals surface area contributed by atoms with Crippen LogP contribution < -0.4 is 10.1 Å². The molecule has 6 heteroatoms. The molecule has 3 rings (SSSR count). The number of hydrogen-bond acceptors (Lipinski definition) is 4. The Kier molecular flexibility index (Phi) is 6.07. The van der Waals surface area contributed by atoms with Crippen molar-refractivity contribution < 1.29 is 19.1 Å². The number of carbonyl (C=O) groups excluding carboxylic acids is 2. The van der Waals surface area contributed by atoms with Crippen LogP contribution in [0.1, 0.15) is 15.9 Å². The lowest BCUT2D eigenvalue weighted by Gasteiger charge is -2.12. The number of nitrogens with one attached hydrogen (secondary N) is 1. The summed E-state index contributed by atoms with van der Waals surface area (Å²) < 4.78 is 10.3. The van der Waals surface area contributed by atoms with Crippen molar-refractivity contribution in [1.29, 1.82) is 0 Å². The molecule has 3 aromatic carbocycles. The summed E-state index contributed by atoms with van der Waals surface area (Å²) in [5, 5.41) is 3.06. The first-order chi connectivity index (χ1) is 13.1. The third kappa shape index (κ3) is 5.33. The summed E-state index contributed by atoms with van der Waals surface area (Å²) in [6.45, 7) is 0.0753. The maximum absolute atomic E-state index is 12.3. The normalized spacial score (nSPS) is 10.1. The van der Waals surface area contributed by atoms with E-state index in [0.717, 1.165) is 5.56 Å². The standard InChI is InChI=1S/C21H16ClNO4/c22-17-11-12-18(23-20(24)16-9-5-2-6-10-16)19(13-17)27-21(25)26-14-15-7-3-1-4-8-15/h1-13H,14H2,(H,23,24). The average molecular weight is 382 g/mol. The summed E-state index contributed by atoms with van der Waals surface area (Å²) in [5.74, 6) is -0.231. The molecule has 136 valence electrons. The smallest absolute Gasteiger partial charge is 0.429 e. The zero-order chi connectivity index (χ0) is 19.1. The number of halogens is 1. The van der Waals surface area contributed by atoms with Gasteiger partial charge in [0.05, 0.1) is 5.69 Å². The lowest BCUT2D eigenvalue weighted by molar-refractivity contribution is 0.0925. The van der Waals surface area contributed by atoms with E-state index in [1.165, 1.54) is 6.07 Å². The van der Waals surface area contributed by atoms with E-state index < -0.39 is 6.16 Å². The van der Waals surface area contributed by atoms with Gasteiger partial charge in [-0.05, 0) is 29.8 Å². The van der Waals surface area contributed by atoms with Crippen LogP contribution in [0.15, 0.2) is 78.9 Å². The van der Waals surface area contributed by atoms with Crippen LogP contribution in [0.2, 0.25) is 5.02 Å². The maximum atomic E-state index is 12.3. The average Bonchev–Trinajstić information content (AvgIpc) is 2.70. The molecule has 0 atom stereocenters. The number of rotatable bonds is 5. The van der Waals surface area contributed by atoms with E-state index in [1.807, 2.05) is 36.4 Å². The molecule has 0 fully saturated rings. The third-order valence-corrected chi connectivity index (χ3v) is 3.86. The van der Waals surface area contributed by atoms with Crippen molar-refractivity contribution in [3.05, 3.63) is 95.0 Å². The molecule has 0 spiro atoms. The summed E-state index contributed by atoms with van der Waals surface area (Å²) >= 11 is 5.98. The van der Waals surface area contributed by atoms with E-state index in [1.54, 1.807) is 36.4 Å². The van der Waals surface area contributed by atoms with Gasteiger partial charge in [0.1, 0.15) is 6.61 Å². The van der Waals surface area contributed by atoms with Gasteiger partial charge in [-0.25, -0.2) is 4.79 Å². The van der Waals surface area contributed by atoms with Crippen LogP contribution in [-0.4, -0.2) is 12.1 Å². The minimum absolute atomic E-state index is 0.0753. The van der Waals surface area contributed by atoms with Crippen molar-refractivity contribution >= 4 is 29.4 Å². The number of benzene rings is 3. The molecule has 0 aromatic heterocycles. The lowest BCUT2D eigenvalue weighted by Crippen LogP contribution is -2.15. The number of amides is 1. The maximum Gasteiger partial charge on any atom is 0.514 e. The fourth-order valence-electron chi connectivity index (χ4n) is 2.30. The van der Waals surface area contributed by atoms with Gasteiger partial charge in [-0.15, -0.1) is 0 Å². The largest absolute Gasteiger partial charge is 0.514 e. The fourth-order valence-corrected chi connectivity index (χ4v) is 2.47. The zero-order valence-corrected chi connectivity index (χ0v) is 15.0. The van der Waals surface area contributed by atoms with Crippen LogP contribution in [0.25, 0.3) is 0 Å². The fraction of sp³-hybridized carbons (Fsp3) is 0.0476. The Balaban J connectivity index is 1.68. The molecular weight excluding hydrogens is 366 g/mol. The molecule has 5 nitrogen and oxygen atoms in total. The second-order valence-corrected chi connectivity index (χ2v) is 6.02. The quantitative estimate of drug-likeness (QED) is 0.480. The lowest BCUT2D eigenvalue weighted by atomic mass is 10.2. The summed E-state index contributed by atoms with van der Waals surface area (Å²) in [6.07, 6.45) is -0.892. The first kappa shape index (κ1) is 18.5. The highest BCUT2D eigenvalue weighted by atomic mass is 35.5. The molecule has 3 aromatic rings. The molecule has 0 radical (unpaired) electrons. The van der Waals surface area contributed by atoms with E-state index in [0.29, 0.717) is 16.3 Å². The van der Waals surface area contributed by atoms with Crippen LogP contribution >= 0.6 is 11.6 Å². The molecule has 0 aliphatic rings. The van der Waals surface area contributed by atoms with Gasteiger partial charge < -0.3 is 14.8 Å². The minimum atomic E-state index is -0.892. The second-order valence-electron chi connectivity index (χ2n) is 5.59. The first-order valence-corrected chi connectivity index (χ1v) is 8.54. The highest BCUT2D eigenvalue weighted by molar-refractivity contribution is 6.30. The topological polar surface area (TPSA) is 64.6 Å². The Morgan fingerprint density at radius 1 is 0.889 bits per heavy atom. The highest BCUT2D eigenvalue weighted by Gasteiger charge is 2.14. The van der Waals surface area contributed by atoms with Crippen LogP contribution in [0.4, 0.5) is 10.5 Å². The molecule has 1 N–H and O–H groups in total. The summed E-state index contributed by atoms with van der Waals surface area (Å²) in [5.41, 5.74) is 1.62. The van der Waals surface area contributed by atoms with Gasteiger partial charge in [-0.3, -0.25) is 4.79 Å². The van der Waals surface area contributed by atoms with Crippen LogP contribution in [0.3, 0.4) is 0 Å². The minimum Gasteiger partial charge on any atom is -0.429 e. The molecule has 0 unspecified atom stereocenters. The Hall–Kier alpha value is -3.31. The molecule has 1 amide bonds. The molecule has 0 saturated carbocycles. The summed E-state index contributed by atoms with van der Waals surface area (Å²) in [7, 11) is 0. The highest BCUT2D eigenvalue weighted by Crippen LogP contribution is 2.29. The van der Waals surface area contributed by atoms with Gasteiger partial charge in [0.2, 0.25) is 0 Å². The number of carbonyl (C=O) groups is 2. The van der Waals surface area contributed by atoms with Gasteiger partial charge in [0.15, 0.2) is 5.75 Å². The van der Waals surface area contributed by atoms with Gasteiger partial charge in [-0.2, -0.15) is 0 Å². The Morgan fingerprint density at radius 2 is 1.56 bits per heavy atom. The Labute approximate surface area is 161 Å². The van der Waals surface area contributed by atoms with E-state index in [-0.39, 0.29) is 18.3 Å². The van der Waals surface area contributed by atoms with Crippen molar-refractivity contribution in [2.75, 3.05) is 5.32 Å². The van der Waals surface area contributed by atoms with E-state index in [9.17, 15) is 9.59 Å². The van der Waals surface area contributed by atoms with Gasteiger partial charge in [0, 0.05) is 16.7 Å². The zero-order valence-electron chi connectivity index (χ0n) is 14.2. The predicted molar refractivity (Wildman–Crippen MR) is 103 cm³/mol. The van der Waals surface area contributed by atoms with E-state index in [2.05, 4.69) is 5.32 Å². The van der Waals surface area contributed by atoms with Crippen LogP contribution in [0.5, 0.6) is 5.75 Å². The van der Waals surface area contributed by atoms with Gasteiger partial charge in [0.25, 0.3) is 5.91 Å². The van der Waals surface area contributed by atoms with E-state index >= 15 is 0 Å². The van der Waals surface area contributed by atoms with Gasteiger partial charge in [-0.1, -0.05) is 60.1 Å². The number of hydrogen-bond donors (Lipinski definition) is 1. The summed E-state index contributed by atoms with van der Waals surface area (Å²) in [6, 6.07) is 22.5. The van der Waals surface area contributed by atoms with Crippen molar-refractivity contribution in [3.8, 4) is 5.75 Å². The second kappa shape index (κ2) is 8.87. The predicted octanol–water partition coefficient (Wildman–Crippen LogP) is 5.31. The summed E-state index contributed by atoms with van der Waals surface area (Å²) in [4.78, 5) is 24.3.